The Kier molecular flexibility index (Phi) is 4.38. The molecule has 0 aliphatic rings. The second-order valence-electron chi connectivity index (χ2n) is 4.69. The largest absolute Gasteiger partial charge is 0.480 e. The maximum Gasteiger partial charge on any atom is 0.148 e. The van der Waals surface area contributed by atoms with Gasteiger partial charge < -0.3 is 4.74 Å². The van der Waals surface area contributed by atoms with Gasteiger partial charge in [-0.2, -0.15) is 5.26 Å². The number of para-hydroxylation sites is 2. The Hall–Kier alpha value is -3.08. The van der Waals surface area contributed by atoms with E-state index in [1.807, 2.05) is 48.5 Å². The molecular formula is C19H12N2OS. The van der Waals surface area contributed by atoms with Gasteiger partial charge in [0, 0.05) is 5.56 Å². The monoisotopic (exact) mass is 316 g/mol. The van der Waals surface area contributed by atoms with E-state index in [9.17, 15) is 5.26 Å². The van der Waals surface area contributed by atoms with Gasteiger partial charge in [-0.25, -0.2) is 4.98 Å². The second kappa shape index (κ2) is 6.79. The van der Waals surface area contributed by atoms with E-state index in [4.69, 9.17) is 11.2 Å². The van der Waals surface area contributed by atoms with Crippen LogP contribution in [0.2, 0.25) is 0 Å². The van der Waals surface area contributed by atoms with Crippen molar-refractivity contribution in [1.82, 2.24) is 4.98 Å². The molecule has 4 heteroatoms. The zero-order chi connectivity index (χ0) is 16.1. The summed E-state index contributed by atoms with van der Waals surface area (Å²) in [6.07, 6.45) is 7.02. The van der Waals surface area contributed by atoms with Crippen LogP contribution >= 0.6 is 11.3 Å². The third kappa shape index (κ3) is 3.23. The van der Waals surface area contributed by atoms with E-state index < -0.39 is 0 Å². The highest BCUT2D eigenvalue weighted by atomic mass is 32.1. The maximum atomic E-state index is 9.51. The quantitative estimate of drug-likeness (QED) is 0.530. The van der Waals surface area contributed by atoms with Crippen molar-refractivity contribution in [1.29, 1.82) is 5.26 Å². The Labute approximate surface area is 138 Å². The molecule has 0 spiro atoms. The number of benzene rings is 2. The van der Waals surface area contributed by atoms with Gasteiger partial charge >= 0.3 is 0 Å². The molecule has 1 aromatic heterocycles. The fourth-order valence-electron chi connectivity index (χ4n) is 2.14. The first-order valence-corrected chi connectivity index (χ1v) is 7.76. The molecule has 2 aromatic carbocycles. The van der Waals surface area contributed by atoms with E-state index in [1.165, 1.54) is 11.3 Å². The van der Waals surface area contributed by atoms with E-state index in [0.717, 1.165) is 15.8 Å². The third-order valence-electron chi connectivity index (χ3n) is 3.17. The van der Waals surface area contributed by atoms with Crippen LogP contribution in [0.4, 0.5) is 0 Å². The predicted molar refractivity (Wildman–Crippen MR) is 93.9 cm³/mol. The van der Waals surface area contributed by atoms with Crippen molar-refractivity contribution in [3.8, 4) is 24.2 Å². The molecule has 110 valence electrons. The summed E-state index contributed by atoms with van der Waals surface area (Å²) in [5.74, 6) is 3.09. The molecule has 0 radical (unpaired) electrons. The minimum absolute atomic E-state index is 0.188. The number of hydrogen-bond acceptors (Lipinski definition) is 4. The summed E-state index contributed by atoms with van der Waals surface area (Å²) < 4.78 is 6.58. The minimum Gasteiger partial charge on any atom is -0.480 e. The second-order valence-corrected chi connectivity index (χ2v) is 5.72. The van der Waals surface area contributed by atoms with Gasteiger partial charge in [-0.1, -0.05) is 36.3 Å². The van der Waals surface area contributed by atoms with Gasteiger partial charge in [-0.15, -0.1) is 17.8 Å². The molecule has 0 aliphatic heterocycles. The molecule has 3 aromatic rings. The summed E-state index contributed by atoms with van der Waals surface area (Å²) in [7, 11) is 0. The lowest BCUT2D eigenvalue weighted by atomic mass is 10.1. The van der Waals surface area contributed by atoms with E-state index in [-0.39, 0.29) is 6.61 Å². The molecule has 0 saturated heterocycles. The Morgan fingerprint density at radius 1 is 1.22 bits per heavy atom. The topological polar surface area (TPSA) is 45.9 Å². The van der Waals surface area contributed by atoms with Crippen LogP contribution in [-0.4, -0.2) is 11.6 Å². The molecule has 0 amide bonds. The van der Waals surface area contributed by atoms with Crippen LogP contribution in [0.5, 0.6) is 5.75 Å². The number of fused-ring (bicyclic) bond motifs is 1. The number of nitriles is 1. The highest BCUT2D eigenvalue weighted by molar-refractivity contribution is 7.19. The lowest BCUT2D eigenvalue weighted by molar-refractivity contribution is 0.369. The van der Waals surface area contributed by atoms with Gasteiger partial charge in [-0.3, -0.25) is 0 Å². The van der Waals surface area contributed by atoms with Gasteiger partial charge in [0.15, 0.2) is 0 Å². The van der Waals surface area contributed by atoms with Crippen LogP contribution < -0.4 is 4.74 Å². The molecule has 0 unspecified atom stereocenters. The number of thiazole rings is 1. The molecule has 0 N–H and O–H groups in total. The first-order valence-electron chi connectivity index (χ1n) is 6.95. The van der Waals surface area contributed by atoms with Crippen molar-refractivity contribution in [2.24, 2.45) is 0 Å². The number of ether oxygens (including phenoxy) is 1. The van der Waals surface area contributed by atoms with Gasteiger partial charge in [0.25, 0.3) is 0 Å². The molecule has 0 bridgehead atoms. The molecule has 0 fully saturated rings. The summed E-state index contributed by atoms with van der Waals surface area (Å²) in [5, 5.41) is 10.2. The SMILES string of the molecule is C#CCOc1ccccc1C=C(C#N)c1nc2ccccc2s1. The molecule has 1 heterocycles. The summed E-state index contributed by atoms with van der Waals surface area (Å²) in [5.41, 5.74) is 2.20. The Morgan fingerprint density at radius 3 is 2.78 bits per heavy atom. The fraction of sp³-hybridized carbons (Fsp3) is 0.0526. The number of aromatic nitrogens is 1. The van der Waals surface area contributed by atoms with E-state index >= 15 is 0 Å². The molecule has 0 aliphatic carbocycles. The number of terminal acetylenes is 1. The zero-order valence-corrected chi connectivity index (χ0v) is 13.0. The van der Waals surface area contributed by atoms with Gasteiger partial charge in [0.05, 0.1) is 15.8 Å². The Balaban J connectivity index is 2.03. The lowest BCUT2D eigenvalue weighted by Gasteiger charge is -2.06. The standard InChI is InChI=1S/C19H12N2OS/c1-2-11-22-17-9-5-3-7-14(17)12-15(13-20)19-21-16-8-4-6-10-18(16)23-19/h1,3-10,12H,11H2. The van der Waals surface area contributed by atoms with Crippen molar-refractivity contribution >= 4 is 33.2 Å². The number of allylic oxidation sites excluding steroid dienone is 1. The van der Waals surface area contributed by atoms with Gasteiger partial charge in [0.1, 0.15) is 23.4 Å². The van der Waals surface area contributed by atoms with Crippen molar-refractivity contribution in [2.75, 3.05) is 6.61 Å². The first-order chi connectivity index (χ1) is 11.3. The molecule has 3 nitrogen and oxygen atoms in total. The Bertz CT molecular complexity index is 924. The Morgan fingerprint density at radius 2 is 2.00 bits per heavy atom. The maximum absolute atomic E-state index is 9.51. The molecular weight excluding hydrogens is 304 g/mol. The van der Waals surface area contributed by atoms with Crippen molar-refractivity contribution in [3.63, 3.8) is 0 Å². The summed E-state index contributed by atoms with van der Waals surface area (Å²) >= 11 is 1.50. The number of nitrogens with zero attached hydrogens (tertiary/aromatic N) is 2. The fourth-order valence-corrected chi connectivity index (χ4v) is 3.07. The molecule has 0 saturated carbocycles. The predicted octanol–water partition coefficient (Wildman–Crippen LogP) is 4.37. The van der Waals surface area contributed by atoms with Crippen LogP contribution in [0.1, 0.15) is 10.6 Å². The van der Waals surface area contributed by atoms with Crippen molar-refractivity contribution < 1.29 is 4.74 Å². The highest BCUT2D eigenvalue weighted by Crippen LogP contribution is 2.29. The summed E-state index contributed by atoms with van der Waals surface area (Å²) in [4.78, 5) is 4.53. The van der Waals surface area contributed by atoms with E-state index in [0.29, 0.717) is 16.3 Å². The van der Waals surface area contributed by atoms with Crippen LogP contribution in [0, 0.1) is 23.7 Å². The van der Waals surface area contributed by atoms with Gasteiger partial charge in [-0.05, 0) is 24.3 Å². The average Bonchev–Trinajstić information content (AvgIpc) is 3.02. The first kappa shape index (κ1) is 14.8. The lowest BCUT2D eigenvalue weighted by Crippen LogP contribution is -1.95. The normalized spacial score (nSPS) is 11.0. The van der Waals surface area contributed by atoms with Crippen LogP contribution in [0.25, 0.3) is 21.9 Å². The molecule has 3 rings (SSSR count). The minimum atomic E-state index is 0.188. The van der Waals surface area contributed by atoms with Crippen molar-refractivity contribution in [3.05, 3.63) is 59.1 Å². The van der Waals surface area contributed by atoms with Crippen LogP contribution in [0.3, 0.4) is 0 Å². The average molecular weight is 316 g/mol. The zero-order valence-electron chi connectivity index (χ0n) is 12.2. The summed E-state index contributed by atoms with van der Waals surface area (Å²) in [6, 6.07) is 17.5. The van der Waals surface area contributed by atoms with E-state index in [1.54, 1.807) is 6.08 Å². The smallest absolute Gasteiger partial charge is 0.148 e. The van der Waals surface area contributed by atoms with E-state index in [2.05, 4.69) is 17.0 Å². The third-order valence-corrected chi connectivity index (χ3v) is 4.24. The molecule has 0 atom stereocenters. The van der Waals surface area contributed by atoms with Crippen LogP contribution in [0.15, 0.2) is 48.5 Å². The number of rotatable bonds is 4. The van der Waals surface area contributed by atoms with Crippen LogP contribution in [-0.2, 0) is 0 Å². The number of hydrogen-bond donors (Lipinski definition) is 0. The molecule has 23 heavy (non-hydrogen) atoms. The van der Waals surface area contributed by atoms with Crippen molar-refractivity contribution in [2.45, 2.75) is 0 Å². The summed E-state index contributed by atoms with van der Waals surface area (Å²) in [6.45, 7) is 0.188. The van der Waals surface area contributed by atoms with Gasteiger partial charge in [0.2, 0.25) is 0 Å². The highest BCUT2D eigenvalue weighted by Gasteiger charge is 2.10.